The number of hydrogen-bond donors (Lipinski definition) is 0. The fourth-order valence-electron chi connectivity index (χ4n) is 0.421. The first-order valence-electron chi connectivity index (χ1n) is 3.62. The normalized spacial score (nSPS) is 14.8. The average molecular weight is 326 g/mol. The van der Waals surface area contributed by atoms with Gasteiger partial charge in [0.05, 0.1) is 13.2 Å². The van der Waals surface area contributed by atoms with Gasteiger partial charge in [0, 0.05) is 0 Å². The van der Waals surface area contributed by atoms with Gasteiger partial charge in [-0.15, -0.1) is 0 Å². The molecule has 0 aliphatic carbocycles. The first-order valence-corrected chi connectivity index (χ1v) is 6.44. The zero-order valence-electron chi connectivity index (χ0n) is 7.95. The summed E-state index contributed by atoms with van der Waals surface area (Å²) in [7, 11) is -12.0. The summed E-state index contributed by atoms with van der Waals surface area (Å²) in [4.78, 5) is 0. The molecule has 0 radical (unpaired) electrons. The van der Waals surface area contributed by atoms with E-state index in [-0.39, 0.29) is 0 Å². The van der Waals surface area contributed by atoms with Crippen molar-refractivity contribution < 1.29 is 51.5 Å². The highest BCUT2D eigenvalue weighted by Crippen LogP contribution is 2.26. The standard InChI is InChI=1S/C4H4F6O6S2/c5-3(6,7)17(11,12)15-1-2-16-18(13,14)4(8,9)10/h1-2H2. The molecule has 0 atom stereocenters. The summed E-state index contributed by atoms with van der Waals surface area (Å²) in [5.74, 6) is 0. The topological polar surface area (TPSA) is 86.7 Å². The molecular weight excluding hydrogens is 322 g/mol. The van der Waals surface area contributed by atoms with Crippen LogP contribution in [0.1, 0.15) is 0 Å². The minimum absolute atomic E-state index is 1.54. The molecule has 0 aromatic rings. The predicted molar refractivity (Wildman–Crippen MR) is 41.9 cm³/mol. The summed E-state index contributed by atoms with van der Waals surface area (Å²) in [6, 6.07) is 0. The number of rotatable bonds is 5. The zero-order chi connectivity index (χ0) is 14.8. The second kappa shape index (κ2) is 5.18. The summed E-state index contributed by atoms with van der Waals surface area (Å²) < 4.78 is 117. The van der Waals surface area contributed by atoms with Crippen LogP contribution >= 0.6 is 0 Å². The highest BCUT2D eigenvalue weighted by atomic mass is 32.2. The molecule has 0 aromatic heterocycles. The smallest absolute Gasteiger partial charge is 0.261 e. The van der Waals surface area contributed by atoms with Gasteiger partial charge in [-0.3, -0.25) is 8.37 Å². The SMILES string of the molecule is O=S(=O)(OCCOS(=O)(=O)C(F)(F)F)C(F)(F)F. The fraction of sp³-hybridized carbons (Fsp3) is 1.00. The molecule has 0 saturated heterocycles. The van der Waals surface area contributed by atoms with Gasteiger partial charge in [-0.2, -0.15) is 43.2 Å². The van der Waals surface area contributed by atoms with Crippen molar-refractivity contribution in [1.29, 1.82) is 0 Å². The van der Waals surface area contributed by atoms with Crippen molar-refractivity contribution >= 4 is 20.2 Å². The lowest BCUT2D eigenvalue weighted by molar-refractivity contribution is -0.0585. The highest BCUT2D eigenvalue weighted by Gasteiger charge is 2.48. The van der Waals surface area contributed by atoms with Gasteiger partial charge in [0.1, 0.15) is 0 Å². The van der Waals surface area contributed by atoms with Gasteiger partial charge in [0.2, 0.25) is 0 Å². The van der Waals surface area contributed by atoms with E-state index in [9.17, 15) is 43.2 Å². The van der Waals surface area contributed by atoms with Gasteiger partial charge >= 0.3 is 31.3 Å². The van der Waals surface area contributed by atoms with E-state index in [0.717, 1.165) is 0 Å². The van der Waals surface area contributed by atoms with Gasteiger partial charge in [0.25, 0.3) is 0 Å². The summed E-state index contributed by atoms with van der Waals surface area (Å²) in [6.07, 6.45) is 0. The van der Waals surface area contributed by atoms with Crippen LogP contribution in [0.5, 0.6) is 0 Å². The minimum atomic E-state index is -6.01. The second-order valence-electron chi connectivity index (χ2n) is 2.44. The molecule has 0 aliphatic rings. The van der Waals surface area contributed by atoms with E-state index in [0.29, 0.717) is 0 Å². The third kappa shape index (κ3) is 4.58. The van der Waals surface area contributed by atoms with Crippen LogP contribution in [0.4, 0.5) is 26.3 Å². The van der Waals surface area contributed by atoms with Crippen molar-refractivity contribution in [2.75, 3.05) is 13.2 Å². The maximum Gasteiger partial charge on any atom is 0.523 e. The first-order chi connectivity index (χ1) is 7.71. The molecule has 0 aliphatic heterocycles. The van der Waals surface area contributed by atoms with Crippen molar-refractivity contribution in [3.8, 4) is 0 Å². The minimum Gasteiger partial charge on any atom is -0.261 e. The molecule has 18 heavy (non-hydrogen) atoms. The van der Waals surface area contributed by atoms with Crippen LogP contribution in [-0.2, 0) is 28.6 Å². The third-order valence-corrected chi connectivity index (χ3v) is 3.22. The Hall–Kier alpha value is -0.600. The predicted octanol–water partition coefficient (Wildman–Crippen LogP) is 0.719. The summed E-state index contributed by atoms with van der Waals surface area (Å²) >= 11 is 0. The zero-order valence-corrected chi connectivity index (χ0v) is 9.58. The molecule has 0 fully saturated rings. The quantitative estimate of drug-likeness (QED) is 0.320. The van der Waals surface area contributed by atoms with Crippen LogP contribution in [0.25, 0.3) is 0 Å². The van der Waals surface area contributed by atoms with E-state index in [1.54, 1.807) is 0 Å². The van der Waals surface area contributed by atoms with Crippen molar-refractivity contribution in [3.63, 3.8) is 0 Å². The van der Waals surface area contributed by atoms with E-state index in [4.69, 9.17) is 0 Å². The molecule has 0 N–H and O–H groups in total. The van der Waals surface area contributed by atoms with Gasteiger partial charge in [-0.25, -0.2) is 0 Å². The van der Waals surface area contributed by atoms with Gasteiger partial charge in [-0.05, 0) is 0 Å². The number of alkyl halides is 6. The van der Waals surface area contributed by atoms with Gasteiger partial charge in [-0.1, -0.05) is 0 Å². The molecule has 0 bridgehead atoms. The maximum absolute atomic E-state index is 11.6. The van der Waals surface area contributed by atoms with E-state index in [2.05, 4.69) is 8.37 Å². The van der Waals surface area contributed by atoms with Crippen LogP contribution in [0.3, 0.4) is 0 Å². The highest BCUT2D eigenvalue weighted by molar-refractivity contribution is 7.87. The molecule has 0 rings (SSSR count). The molecular formula is C4H4F6O6S2. The van der Waals surface area contributed by atoms with Gasteiger partial charge < -0.3 is 0 Å². The van der Waals surface area contributed by atoms with Crippen molar-refractivity contribution in [1.82, 2.24) is 0 Å². The van der Waals surface area contributed by atoms with Crippen molar-refractivity contribution in [3.05, 3.63) is 0 Å². The van der Waals surface area contributed by atoms with E-state index in [1.165, 1.54) is 0 Å². The van der Waals surface area contributed by atoms with E-state index < -0.39 is 44.5 Å². The lowest BCUT2D eigenvalue weighted by atomic mass is 10.8. The monoisotopic (exact) mass is 326 g/mol. The third-order valence-electron chi connectivity index (χ3n) is 1.13. The summed E-state index contributed by atoms with van der Waals surface area (Å²) in [5, 5.41) is 0. The number of hydrogen-bond acceptors (Lipinski definition) is 6. The molecule has 14 heteroatoms. The molecule has 0 spiro atoms. The second-order valence-corrected chi connectivity index (χ2v) is 5.66. The van der Waals surface area contributed by atoms with Crippen LogP contribution in [0.15, 0.2) is 0 Å². The average Bonchev–Trinajstić information content (AvgIpc) is 2.08. The lowest BCUT2D eigenvalue weighted by Crippen LogP contribution is -2.29. The molecule has 0 aromatic carbocycles. The Kier molecular flexibility index (Phi) is 5.01. The molecule has 0 heterocycles. The summed E-state index contributed by atoms with van der Waals surface area (Å²) in [6.45, 7) is -3.09. The maximum atomic E-state index is 11.6. The van der Waals surface area contributed by atoms with Crippen LogP contribution in [0.2, 0.25) is 0 Å². The Morgan fingerprint density at radius 1 is 0.667 bits per heavy atom. The van der Waals surface area contributed by atoms with Crippen LogP contribution < -0.4 is 0 Å². The van der Waals surface area contributed by atoms with Crippen LogP contribution in [0, 0.1) is 0 Å². The molecule has 110 valence electrons. The summed E-state index contributed by atoms with van der Waals surface area (Å²) in [5.41, 5.74) is -11.5. The lowest BCUT2D eigenvalue weighted by Gasteiger charge is -2.09. The van der Waals surface area contributed by atoms with Crippen LogP contribution in [-0.4, -0.2) is 41.1 Å². The van der Waals surface area contributed by atoms with Crippen molar-refractivity contribution in [2.24, 2.45) is 0 Å². The Morgan fingerprint density at radius 3 is 1.06 bits per heavy atom. The largest absolute Gasteiger partial charge is 0.523 e. The molecule has 0 amide bonds. The molecule has 0 saturated carbocycles. The Morgan fingerprint density at radius 2 is 0.889 bits per heavy atom. The number of halogens is 6. The Bertz CT molecular complexity index is 425. The van der Waals surface area contributed by atoms with E-state index in [1.807, 2.05) is 0 Å². The van der Waals surface area contributed by atoms with E-state index >= 15 is 0 Å². The molecule has 0 unspecified atom stereocenters. The fourth-order valence-corrected chi connectivity index (χ4v) is 1.26. The Labute approximate surface area is 96.7 Å². The van der Waals surface area contributed by atoms with Crippen molar-refractivity contribution in [2.45, 2.75) is 11.0 Å². The van der Waals surface area contributed by atoms with Gasteiger partial charge in [0.15, 0.2) is 0 Å². The first kappa shape index (κ1) is 17.4. The molecule has 6 nitrogen and oxygen atoms in total. The Balaban J connectivity index is 4.36.